The maximum atomic E-state index is 5.28. The molecule has 0 saturated carbocycles. The Hall–Kier alpha value is -1.47. The maximum Gasteiger partial charge on any atom is 0.235 e. The van der Waals surface area contributed by atoms with E-state index in [1.54, 1.807) is 18.3 Å². The SMILES string of the molecule is Cc1nnc(CNc2nc3ccc(Br)cc3s2)o1. The van der Waals surface area contributed by atoms with Crippen molar-refractivity contribution in [3.8, 4) is 0 Å². The molecule has 5 nitrogen and oxygen atoms in total. The van der Waals surface area contributed by atoms with Crippen LogP contribution in [0, 0.1) is 6.92 Å². The number of hydrogen-bond acceptors (Lipinski definition) is 6. The fourth-order valence-electron chi connectivity index (χ4n) is 1.53. The smallest absolute Gasteiger partial charge is 0.235 e. The fraction of sp³-hybridized carbons (Fsp3) is 0.182. The molecule has 7 heteroatoms. The van der Waals surface area contributed by atoms with E-state index in [1.165, 1.54) is 0 Å². The minimum atomic E-state index is 0.488. The molecule has 92 valence electrons. The highest BCUT2D eigenvalue weighted by molar-refractivity contribution is 9.10. The first-order valence-corrected chi connectivity index (χ1v) is 6.90. The Morgan fingerprint density at radius 2 is 2.28 bits per heavy atom. The van der Waals surface area contributed by atoms with Crippen LogP contribution >= 0.6 is 27.3 Å². The molecule has 18 heavy (non-hydrogen) atoms. The standard InChI is InChI=1S/C11H9BrN4OS/c1-6-15-16-10(17-6)5-13-11-14-8-3-2-7(12)4-9(8)18-11/h2-4H,5H2,1H3,(H,13,14). The first-order chi connectivity index (χ1) is 8.70. The monoisotopic (exact) mass is 324 g/mol. The number of nitrogens with zero attached hydrogens (tertiary/aromatic N) is 3. The molecule has 0 amide bonds. The van der Waals surface area contributed by atoms with Gasteiger partial charge in [0.05, 0.1) is 16.8 Å². The van der Waals surface area contributed by atoms with Crippen molar-refractivity contribution in [2.75, 3.05) is 5.32 Å². The number of hydrogen-bond donors (Lipinski definition) is 1. The van der Waals surface area contributed by atoms with E-state index in [1.807, 2.05) is 12.1 Å². The highest BCUT2D eigenvalue weighted by Gasteiger charge is 2.06. The van der Waals surface area contributed by atoms with Gasteiger partial charge in [-0.3, -0.25) is 0 Å². The second-order valence-electron chi connectivity index (χ2n) is 3.70. The maximum absolute atomic E-state index is 5.28. The van der Waals surface area contributed by atoms with Crippen LogP contribution in [0.15, 0.2) is 27.1 Å². The van der Waals surface area contributed by atoms with Crippen molar-refractivity contribution in [3.63, 3.8) is 0 Å². The quantitative estimate of drug-likeness (QED) is 0.800. The lowest BCUT2D eigenvalue weighted by Crippen LogP contribution is -1.98. The number of fused-ring (bicyclic) bond motifs is 1. The minimum Gasteiger partial charge on any atom is -0.424 e. The molecule has 0 unspecified atom stereocenters. The summed E-state index contributed by atoms with van der Waals surface area (Å²) in [6, 6.07) is 6.01. The van der Waals surface area contributed by atoms with Gasteiger partial charge in [-0.15, -0.1) is 10.2 Å². The average molecular weight is 325 g/mol. The van der Waals surface area contributed by atoms with Gasteiger partial charge in [0.25, 0.3) is 0 Å². The van der Waals surface area contributed by atoms with Crippen molar-refractivity contribution in [2.45, 2.75) is 13.5 Å². The molecule has 0 fully saturated rings. The molecule has 3 rings (SSSR count). The van der Waals surface area contributed by atoms with E-state index in [9.17, 15) is 0 Å². The van der Waals surface area contributed by atoms with E-state index in [-0.39, 0.29) is 0 Å². The predicted octanol–water partition coefficient (Wildman–Crippen LogP) is 3.36. The van der Waals surface area contributed by atoms with Crippen LogP contribution in [-0.4, -0.2) is 15.2 Å². The van der Waals surface area contributed by atoms with E-state index >= 15 is 0 Å². The molecule has 1 aromatic carbocycles. The van der Waals surface area contributed by atoms with Crippen LogP contribution in [0.4, 0.5) is 5.13 Å². The molecule has 0 spiro atoms. The normalized spacial score (nSPS) is 11.0. The van der Waals surface area contributed by atoms with Gasteiger partial charge in [0, 0.05) is 11.4 Å². The number of thiazole rings is 1. The summed E-state index contributed by atoms with van der Waals surface area (Å²) in [5.74, 6) is 1.13. The van der Waals surface area contributed by atoms with E-state index in [4.69, 9.17) is 4.42 Å². The van der Waals surface area contributed by atoms with Crippen molar-refractivity contribution in [1.82, 2.24) is 15.2 Å². The molecular weight excluding hydrogens is 316 g/mol. The molecule has 0 bridgehead atoms. The molecule has 0 aliphatic carbocycles. The first-order valence-electron chi connectivity index (χ1n) is 5.30. The number of rotatable bonds is 3. The number of halogens is 1. The summed E-state index contributed by atoms with van der Waals surface area (Å²) in [7, 11) is 0. The summed E-state index contributed by atoms with van der Waals surface area (Å²) in [6.45, 7) is 2.26. The number of nitrogens with one attached hydrogen (secondary N) is 1. The molecule has 0 aliphatic rings. The third kappa shape index (κ3) is 2.37. The summed E-state index contributed by atoms with van der Waals surface area (Å²) in [5, 5.41) is 11.7. The third-order valence-electron chi connectivity index (χ3n) is 2.31. The van der Waals surface area contributed by atoms with Gasteiger partial charge in [-0.1, -0.05) is 27.3 Å². The number of benzene rings is 1. The van der Waals surface area contributed by atoms with Crippen LogP contribution in [0.25, 0.3) is 10.2 Å². The Bertz CT molecular complexity index is 693. The van der Waals surface area contributed by atoms with E-state index < -0.39 is 0 Å². The molecule has 2 heterocycles. The van der Waals surface area contributed by atoms with Gasteiger partial charge in [0.15, 0.2) is 5.13 Å². The summed E-state index contributed by atoms with van der Waals surface area (Å²) in [4.78, 5) is 4.47. The van der Waals surface area contributed by atoms with Gasteiger partial charge >= 0.3 is 0 Å². The summed E-state index contributed by atoms with van der Waals surface area (Å²) in [6.07, 6.45) is 0. The zero-order valence-corrected chi connectivity index (χ0v) is 11.9. The van der Waals surface area contributed by atoms with Gasteiger partial charge in [0.2, 0.25) is 11.8 Å². The molecule has 0 atom stereocenters. The van der Waals surface area contributed by atoms with Crippen LogP contribution in [0.5, 0.6) is 0 Å². The van der Waals surface area contributed by atoms with Crippen molar-refractivity contribution in [3.05, 3.63) is 34.5 Å². The fourth-order valence-corrected chi connectivity index (χ4v) is 2.95. The van der Waals surface area contributed by atoms with Crippen molar-refractivity contribution in [1.29, 1.82) is 0 Å². The largest absolute Gasteiger partial charge is 0.424 e. The molecule has 1 N–H and O–H groups in total. The first kappa shape index (κ1) is 11.6. The summed E-state index contributed by atoms with van der Waals surface area (Å²) in [5.41, 5.74) is 0.979. The van der Waals surface area contributed by atoms with Crippen molar-refractivity contribution < 1.29 is 4.42 Å². The second-order valence-corrected chi connectivity index (χ2v) is 5.65. The minimum absolute atomic E-state index is 0.488. The molecule has 3 aromatic rings. The zero-order valence-electron chi connectivity index (χ0n) is 9.48. The lowest BCUT2D eigenvalue weighted by molar-refractivity contribution is 0.475. The van der Waals surface area contributed by atoms with Crippen molar-refractivity contribution >= 4 is 42.6 Å². The highest BCUT2D eigenvalue weighted by atomic mass is 79.9. The third-order valence-corrected chi connectivity index (χ3v) is 3.78. The molecule has 0 radical (unpaired) electrons. The van der Waals surface area contributed by atoms with E-state index in [0.29, 0.717) is 18.3 Å². The molecule has 2 aromatic heterocycles. The van der Waals surface area contributed by atoms with Gasteiger partial charge in [-0.25, -0.2) is 4.98 Å². The Kier molecular flexibility index (Phi) is 3.00. The second kappa shape index (κ2) is 4.66. The number of aromatic nitrogens is 3. The van der Waals surface area contributed by atoms with Gasteiger partial charge in [0.1, 0.15) is 0 Å². The molecule has 0 saturated heterocycles. The number of aryl methyl sites for hydroxylation is 1. The highest BCUT2D eigenvalue weighted by Crippen LogP contribution is 2.28. The lowest BCUT2D eigenvalue weighted by atomic mass is 10.3. The number of anilines is 1. The molecular formula is C11H9BrN4OS. The topological polar surface area (TPSA) is 63.8 Å². The van der Waals surface area contributed by atoms with Crippen LogP contribution in [0.3, 0.4) is 0 Å². The van der Waals surface area contributed by atoms with Crippen molar-refractivity contribution in [2.24, 2.45) is 0 Å². The summed E-state index contributed by atoms with van der Waals surface area (Å²) < 4.78 is 7.47. The Morgan fingerprint density at radius 3 is 3.06 bits per heavy atom. The lowest BCUT2D eigenvalue weighted by Gasteiger charge is -1.95. The Labute approximate surface area is 115 Å². The average Bonchev–Trinajstić information content (AvgIpc) is 2.92. The zero-order chi connectivity index (χ0) is 12.5. The van der Waals surface area contributed by atoms with Gasteiger partial charge in [-0.05, 0) is 18.2 Å². The van der Waals surface area contributed by atoms with Crippen LogP contribution < -0.4 is 5.32 Å². The Morgan fingerprint density at radius 1 is 1.39 bits per heavy atom. The van der Waals surface area contributed by atoms with E-state index in [2.05, 4.69) is 42.5 Å². The predicted molar refractivity (Wildman–Crippen MR) is 73.7 cm³/mol. The van der Waals surface area contributed by atoms with Crippen LogP contribution in [0.1, 0.15) is 11.8 Å². The summed E-state index contributed by atoms with van der Waals surface area (Å²) >= 11 is 5.04. The van der Waals surface area contributed by atoms with Gasteiger partial charge in [-0.2, -0.15) is 0 Å². The van der Waals surface area contributed by atoms with Crippen LogP contribution in [0.2, 0.25) is 0 Å². The van der Waals surface area contributed by atoms with Crippen LogP contribution in [-0.2, 0) is 6.54 Å². The Balaban J connectivity index is 1.78. The van der Waals surface area contributed by atoms with E-state index in [0.717, 1.165) is 19.8 Å². The molecule has 0 aliphatic heterocycles. The van der Waals surface area contributed by atoms with Gasteiger partial charge < -0.3 is 9.73 Å².